The molecule has 4 heteroatoms. The molecule has 0 spiro atoms. The number of ether oxygens (including phenoxy) is 1. The van der Waals surface area contributed by atoms with Crippen molar-refractivity contribution in [3.63, 3.8) is 0 Å². The molecule has 1 N–H and O–H groups in total. The lowest BCUT2D eigenvalue weighted by atomic mass is 9.93. The van der Waals surface area contributed by atoms with E-state index in [1.807, 2.05) is 18.3 Å². The summed E-state index contributed by atoms with van der Waals surface area (Å²) in [4.78, 5) is 13.1. The quantitative estimate of drug-likeness (QED) is 0.838. The van der Waals surface area contributed by atoms with Gasteiger partial charge in [-0.3, -0.25) is 10.1 Å². The first kappa shape index (κ1) is 12.6. The van der Waals surface area contributed by atoms with Crippen molar-refractivity contribution >= 4 is 17.3 Å². The Kier molecular flexibility index (Phi) is 4.18. The highest BCUT2D eigenvalue weighted by Crippen LogP contribution is 2.33. The van der Waals surface area contributed by atoms with E-state index < -0.39 is 0 Å². The Hall–Kier alpha value is -0.870. The predicted octanol–water partition coefficient (Wildman–Crippen LogP) is 2.67. The van der Waals surface area contributed by atoms with Crippen LogP contribution in [0.15, 0.2) is 11.4 Å². The molecule has 0 bridgehead atoms. The van der Waals surface area contributed by atoms with Gasteiger partial charge in [-0.2, -0.15) is 0 Å². The second kappa shape index (κ2) is 5.65. The highest BCUT2D eigenvalue weighted by atomic mass is 32.1. The summed E-state index contributed by atoms with van der Waals surface area (Å²) in [5.41, 5.74) is 1.38. The zero-order chi connectivity index (χ0) is 12.3. The summed E-state index contributed by atoms with van der Waals surface area (Å²) in [6.45, 7) is 2.01. The van der Waals surface area contributed by atoms with Crippen LogP contribution in [0.5, 0.6) is 0 Å². The summed E-state index contributed by atoms with van der Waals surface area (Å²) in [6, 6.07) is 2.31. The molecule has 0 radical (unpaired) electrons. The summed E-state index contributed by atoms with van der Waals surface area (Å²) in [5, 5.41) is 5.57. The largest absolute Gasteiger partial charge is 0.468 e. The SMILES string of the molecule is CC[C@H](N[C@@H]1CCCc2sccc21)C(=O)OC. The lowest BCUT2D eigenvalue weighted by Gasteiger charge is -2.27. The van der Waals surface area contributed by atoms with Gasteiger partial charge in [0.25, 0.3) is 0 Å². The van der Waals surface area contributed by atoms with Crippen molar-refractivity contribution < 1.29 is 9.53 Å². The van der Waals surface area contributed by atoms with Crippen LogP contribution in [-0.2, 0) is 16.0 Å². The zero-order valence-electron chi connectivity index (χ0n) is 10.4. The van der Waals surface area contributed by atoms with Gasteiger partial charge in [-0.25, -0.2) is 0 Å². The number of rotatable bonds is 4. The number of carbonyl (C=O) groups is 1. The first-order valence-corrected chi connectivity index (χ1v) is 7.04. The molecule has 0 aliphatic heterocycles. The van der Waals surface area contributed by atoms with Gasteiger partial charge in [0.2, 0.25) is 0 Å². The van der Waals surface area contributed by atoms with Gasteiger partial charge in [0, 0.05) is 10.9 Å². The van der Waals surface area contributed by atoms with Crippen LogP contribution < -0.4 is 5.32 Å². The molecule has 1 aliphatic carbocycles. The van der Waals surface area contributed by atoms with E-state index in [-0.39, 0.29) is 12.0 Å². The molecule has 17 heavy (non-hydrogen) atoms. The Morgan fingerprint density at radius 2 is 2.53 bits per heavy atom. The van der Waals surface area contributed by atoms with Crippen molar-refractivity contribution in [1.82, 2.24) is 5.32 Å². The third-order valence-electron chi connectivity index (χ3n) is 3.35. The molecule has 0 unspecified atom stereocenters. The maximum Gasteiger partial charge on any atom is 0.322 e. The van der Waals surface area contributed by atoms with Gasteiger partial charge >= 0.3 is 5.97 Å². The van der Waals surface area contributed by atoms with Crippen LogP contribution >= 0.6 is 11.3 Å². The Morgan fingerprint density at radius 1 is 1.71 bits per heavy atom. The molecule has 0 saturated carbocycles. The zero-order valence-corrected chi connectivity index (χ0v) is 11.2. The van der Waals surface area contributed by atoms with E-state index in [1.54, 1.807) is 0 Å². The lowest BCUT2D eigenvalue weighted by Crippen LogP contribution is -2.40. The van der Waals surface area contributed by atoms with Crippen molar-refractivity contribution in [3.8, 4) is 0 Å². The Morgan fingerprint density at radius 3 is 3.24 bits per heavy atom. The Balaban J connectivity index is 2.07. The molecule has 94 valence electrons. The first-order valence-electron chi connectivity index (χ1n) is 6.16. The number of thiophene rings is 1. The summed E-state index contributed by atoms with van der Waals surface area (Å²) < 4.78 is 4.82. The molecule has 2 atom stereocenters. The van der Waals surface area contributed by atoms with Gasteiger partial charge in [0.15, 0.2) is 0 Å². The van der Waals surface area contributed by atoms with E-state index in [9.17, 15) is 4.79 Å². The molecule has 0 saturated heterocycles. The van der Waals surface area contributed by atoms with Crippen molar-refractivity contribution in [3.05, 3.63) is 21.9 Å². The molecule has 0 aromatic carbocycles. The van der Waals surface area contributed by atoms with Gasteiger partial charge in [0.1, 0.15) is 6.04 Å². The first-order chi connectivity index (χ1) is 8.26. The third-order valence-corrected chi connectivity index (χ3v) is 4.34. The van der Waals surface area contributed by atoms with Gasteiger partial charge in [-0.15, -0.1) is 11.3 Å². The van der Waals surface area contributed by atoms with Crippen LogP contribution in [0.3, 0.4) is 0 Å². The van der Waals surface area contributed by atoms with Crippen molar-refractivity contribution in [2.45, 2.75) is 44.7 Å². The fraction of sp³-hybridized carbons (Fsp3) is 0.615. The standard InChI is InChI=1S/C13H19NO2S/c1-3-10(13(15)16-2)14-11-5-4-6-12-9(11)7-8-17-12/h7-8,10-11,14H,3-6H2,1-2H3/t10-,11+/m0/s1. The van der Waals surface area contributed by atoms with E-state index in [1.165, 1.54) is 30.4 Å². The highest BCUT2D eigenvalue weighted by molar-refractivity contribution is 7.10. The van der Waals surface area contributed by atoms with Crippen molar-refractivity contribution in [2.75, 3.05) is 7.11 Å². The maximum atomic E-state index is 11.6. The second-order valence-electron chi connectivity index (χ2n) is 4.39. The van der Waals surface area contributed by atoms with Crippen LogP contribution in [0, 0.1) is 0 Å². The number of aryl methyl sites for hydroxylation is 1. The molecular weight excluding hydrogens is 234 g/mol. The number of fused-ring (bicyclic) bond motifs is 1. The molecule has 1 aromatic heterocycles. The molecular formula is C13H19NO2S. The van der Waals surface area contributed by atoms with Gasteiger partial charge in [-0.1, -0.05) is 6.92 Å². The summed E-state index contributed by atoms with van der Waals surface area (Å²) in [6.07, 6.45) is 4.25. The van der Waals surface area contributed by atoms with E-state index in [0.717, 1.165) is 12.8 Å². The maximum absolute atomic E-state index is 11.6. The smallest absolute Gasteiger partial charge is 0.322 e. The van der Waals surface area contributed by atoms with E-state index >= 15 is 0 Å². The number of methoxy groups -OCH3 is 1. The number of hydrogen-bond acceptors (Lipinski definition) is 4. The van der Waals surface area contributed by atoms with Crippen LogP contribution in [0.4, 0.5) is 0 Å². The molecule has 1 aromatic rings. The molecule has 0 amide bonds. The predicted molar refractivity (Wildman–Crippen MR) is 69.2 cm³/mol. The normalized spacial score (nSPS) is 20.7. The van der Waals surface area contributed by atoms with E-state index in [0.29, 0.717) is 6.04 Å². The summed E-state index contributed by atoms with van der Waals surface area (Å²) in [5.74, 6) is -0.158. The Bertz CT molecular complexity index is 389. The van der Waals surface area contributed by atoms with E-state index in [2.05, 4.69) is 16.8 Å². The minimum atomic E-state index is -0.184. The average Bonchev–Trinajstić information content (AvgIpc) is 2.83. The van der Waals surface area contributed by atoms with Crippen LogP contribution in [0.2, 0.25) is 0 Å². The van der Waals surface area contributed by atoms with Crippen molar-refractivity contribution in [2.24, 2.45) is 0 Å². The van der Waals surface area contributed by atoms with Crippen LogP contribution in [0.25, 0.3) is 0 Å². The molecule has 1 aliphatic rings. The molecule has 3 nitrogen and oxygen atoms in total. The van der Waals surface area contributed by atoms with Crippen LogP contribution in [0.1, 0.15) is 42.7 Å². The van der Waals surface area contributed by atoms with E-state index in [4.69, 9.17) is 4.74 Å². The van der Waals surface area contributed by atoms with Crippen molar-refractivity contribution in [1.29, 1.82) is 0 Å². The Labute approximate surface area is 106 Å². The summed E-state index contributed by atoms with van der Waals surface area (Å²) in [7, 11) is 1.45. The molecule has 2 rings (SSSR count). The second-order valence-corrected chi connectivity index (χ2v) is 5.40. The monoisotopic (exact) mass is 253 g/mol. The number of nitrogens with one attached hydrogen (secondary N) is 1. The lowest BCUT2D eigenvalue weighted by molar-refractivity contribution is -0.143. The number of esters is 1. The third kappa shape index (κ3) is 2.69. The fourth-order valence-electron chi connectivity index (χ4n) is 2.40. The minimum Gasteiger partial charge on any atom is -0.468 e. The van der Waals surface area contributed by atoms with Gasteiger partial charge in [0.05, 0.1) is 7.11 Å². The highest BCUT2D eigenvalue weighted by Gasteiger charge is 2.26. The number of carbonyl (C=O) groups excluding carboxylic acids is 1. The summed E-state index contributed by atoms with van der Waals surface area (Å²) >= 11 is 1.82. The molecule has 0 fully saturated rings. The molecule has 1 heterocycles. The average molecular weight is 253 g/mol. The van der Waals surface area contributed by atoms with Gasteiger partial charge < -0.3 is 4.74 Å². The minimum absolute atomic E-state index is 0.158. The van der Waals surface area contributed by atoms with Gasteiger partial charge in [-0.05, 0) is 42.7 Å². The topological polar surface area (TPSA) is 38.3 Å². The number of hydrogen-bond donors (Lipinski definition) is 1. The fourth-order valence-corrected chi connectivity index (χ4v) is 3.38. The van der Waals surface area contributed by atoms with Crippen LogP contribution in [-0.4, -0.2) is 19.1 Å².